The van der Waals surface area contributed by atoms with Gasteiger partial charge in [0.1, 0.15) is 0 Å². The second kappa shape index (κ2) is 8.57. The van der Waals surface area contributed by atoms with Crippen LogP contribution in [0, 0.1) is 0 Å². The zero-order chi connectivity index (χ0) is 11.1. The molecule has 0 amide bonds. The minimum absolute atomic E-state index is 0. The van der Waals surface area contributed by atoms with Gasteiger partial charge in [0.15, 0.2) is 0 Å². The Hall–Kier alpha value is -0.570. The molecule has 0 aliphatic carbocycles. The fourth-order valence-electron chi connectivity index (χ4n) is 1.59. The highest BCUT2D eigenvalue weighted by molar-refractivity contribution is 5.85. The standard InChI is InChI=1S/C13H21NO.ClH/c1-2-3-4-11-5-7-12(8-6-11)9-13(14)10-15;/h5-8,13,15H,2-4,9-10,14H2,1H3;1H. The SMILES string of the molecule is CCCCc1ccc(CC(N)CO)cc1.Cl. The lowest BCUT2D eigenvalue weighted by Gasteiger charge is -2.08. The van der Waals surface area contributed by atoms with Crippen LogP contribution in [0.2, 0.25) is 0 Å². The predicted octanol–water partition coefficient (Wildman–Crippen LogP) is 2.31. The molecule has 1 aromatic carbocycles. The highest BCUT2D eigenvalue weighted by atomic mass is 35.5. The average Bonchev–Trinajstić information content (AvgIpc) is 2.28. The van der Waals surface area contributed by atoms with Crippen LogP contribution in [-0.4, -0.2) is 17.8 Å². The highest BCUT2D eigenvalue weighted by Gasteiger charge is 2.01. The van der Waals surface area contributed by atoms with Crippen LogP contribution < -0.4 is 5.73 Å². The number of unbranched alkanes of at least 4 members (excludes halogenated alkanes) is 1. The van der Waals surface area contributed by atoms with E-state index in [0.717, 1.165) is 12.8 Å². The fourth-order valence-corrected chi connectivity index (χ4v) is 1.59. The van der Waals surface area contributed by atoms with Crippen LogP contribution >= 0.6 is 12.4 Å². The Kier molecular flexibility index (Phi) is 8.26. The topological polar surface area (TPSA) is 46.2 Å². The molecule has 3 N–H and O–H groups in total. The summed E-state index contributed by atoms with van der Waals surface area (Å²) in [5, 5.41) is 8.84. The molecule has 16 heavy (non-hydrogen) atoms. The average molecular weight is 244 g/mol. The summed E-state index contributed by atoms with van der Waals surface area (Å²) in [5.74, 6) is 0. The number of aliphatic hydroxyl groups excluding tert-OH is 1. The van der Waals surface area contributed by atoms with Gasteiger partial charge < -0.3 is 10.8 Å². The first-order chi connectivity index (χ1) is 7.26. The van der Waals surface area contributed by atoms with E-state index in [0.29, 0.717) is 0 Å². The Balaban J connectivity index is 0.00000225. The van der Waals surface area contributed by atoms with Crippen LogP contribution in [0.4, 0.5) is 0 Å². The maximum absolute atomic E-state index is 8.84. The third kappa shape index (κ3) is 5.50. The summed E-state index contributed by atoms with van der Waals surface area (Å²) in [4.78, 5) is 0. The number of hydrogen-bond acceptors (Lipinski definition) is 2. The molecule has 0 bridgehead atoms. The van der Waals surface area contributed by atoms with E-state index in [4.69, 9.17) is 10.8 Å². The lowest BCUT2D eigenvalue weighted by atomic mass is 10.0. The van der Waals surface area contributed by atoms with Gasteiger partial charge in [-0.15, -0.1) is 12.4 Å². The van der Waals surface area contributed by atoms with Gasteiger partial charge in [-0.2, -0.15) is 0 Å². The molecule has 1 atom stereocenters. The van der Waals surface area contributed by atoms with E-state index in [-0.39, 0.29) is 25.1 Å². The third-order valence-corrected chi connectivity index (χ3v) is 2.57. The van der Waals surface area contributed by atoms with Gasteiger partial charge in [-0.3, -0.25) is 0 Å². The van der Waals surface area contributed by atoms with Crippen molar-refractivity contribution in [2.75, 3.05) is 6.61 Å². The molecule has 1 unspecified atom stereocenters. The monoisotopic (exact) mass is 243 g/mol. The van der Waals surface area contributed by atoms with Crippen molar-refractivity contribution >= 4 is 12.4 Å². The van der Waals surface area contributed by atoms with E-state index in [1.807, 2.05) is 0 Å². The molecule has 1 aromatic rings. The van der Waals surface area contributed by atoms with Crippen LogP contribution in [0.1, 0.15) is 30.9 Å². The zero-order valence-electron chi connectivity index (χ0n) is 9.86. The van der Waals surface area contributed by atoms with Crippen molar-refractivity contribution in [3.63, 3.8) is 0 Å². The zero-order valence-corrected chi connectivity index (χ0v) is 10.7. The fraction of sp³-hybridized carbons (Fsp3) is 0.538. The molecule has 0 aromatic heterocycles. The number of hydrogen-bond donors (Lipinski definition) is 2. The molecule has 3 heteroatoms. The van der Waals surface area contributed by atoms with E-state index in [2.05, 4.69) is 31.2 Å². The molecule has 0 saturated heterocycles. The lowest BCUT2D eigenvalue weighted by molar-refractivity contribution is 0.265. The van der Waals surface area contributed by atoms with Gasteiger partial charge >= 0.3 is 0 Å². The van der Waals surface area contributed by atoms with Crippen molar-refractivity contribution in [1.82, 2.24) is 0 Å². The van der Waals surface area contributed by atoms with E-state index >= 15 is 0 Å². The van der Waals surface area contributed by atoms with Gasteiger partial charge in [0.05, 0.1) is 6.61 Å². The number of rotatable bonds is 6. The van der Waals surface area contributed by atoms with E-state index in [1.165, 1.54) is 24.0 Å². The minimum Gasteiger partial charge on any atom is -0.395 e. The smallest absolute Gasteiger partial charge is 0.0585 e. The first-order valence-electron chi connectivity index (χ1n) is 5.70. The highest BCUT2D eigenvalue weighted by Crippen LogP contribution is 2.09. The van der Waals surface area contributed by atoms with Crippen molar-refractivity contribution in [2.24, 2.45) is 5.73 Å². The molecule has 0 heterocycles. The molecule has 0 aliphatic rings. The second-order valence-corrected chi connectivity index (χ2v) is 4.07. The Morgan fingerprint density at radius 1 is 1.19 bits per heavy atom. The molecule has 0 saturated carbocycles. The Morgan fingerprint density at radius 2 is 1.75 bits per heavy atom. The first kappa shape index (κ1) is 15.4. The van der Waals surface area contributed by atoms with Gasteiger partial charge in [0, 0.05) is 6.04 Å². The maximum Gasteiger partial charge on any atom is 0.0585 e. The van der Waals surface area contributed by atoms with Crippen molar-refractivity contribution in [2.45, 2.75) is 38.6 Å². The summed E-state index contributed by atoms with van der Waals surface area (Å²) < 4.78 is 0. The maximum atomic E-state index is 8.84. The summed E-state index contributed by atoms with van der Waals surface area (Å²) in [7, 11) is 0. The van der Waals surface area contributed by atoms with Crippen LogP contribution in [0.5, 0.6) is 0 Å². The Bertz CT molecular complexity index is 274. The third-order valence-electron chi connectivity index (χ3n) is 2.57. The van der Waals surface area contributed by atoms with E-state index < -0.39 is 0 Å². The van der Waals surface area contributed by atoms with Crippen LogP contribution in [0.15, 0.2) is 24.3 Å². The van der Waals surface area contributed by atoms with E-state index in [9.17, 15) is 0 Å². The number of halogens is 1. The first-order valence-corrected chi connectivity index (χ1v) is 5.70. The van der Waals surface area contributed by atoms with Crippen LogP contribution in [0.25, 0.3) is 0 Å². The van der Waals surface area contributed by atoms with Gasteiger partial charge in [-0.05, 0) is 30.4 Å². The second-order valence-electron chi connectivity index (χ2n) is 4.07. The van der Waals surface area contributed by atoms with Gasteiger partial charge in [-0.25, -0.2) is 0 Å². The van der Waals surface area contributed by atoms with Gasteiger partial charge in [-0.1, -0.05) is 37.6 Å². The number of aliphatic hydroxyl groups is 1. The Labute approximate surface area is 104 Å². The quantitative estimate of drug-likeness (QED) is 0.806. The predicted molar refractivity (Wildman–Crippen MR) is 71.1 cm³/mol. The number of benzene rings is 1. The minimum atomic E-state index is -0.133. The van der Waals surface area contributed by atoms with Gasteiger partial charge in [0.2, 0.25) is 0 Å². The molecule has 92 valence electrons. The molecule has 0 aliphatic heterocycles. The van der Waals surface area contributed by atoms with Gasteiger partial charge in [0.25, 0.3) is 0 Å². The largest absolute Gasteiger partial charge is 0.395 e. The number of aryl methyl sites for hydroxylation is 1. The van der Waals surface area contributed by atoms with Crippen molar-refractivity contribution in [3.05, 3.63) is 35.4 Å². The molecule has 1 rings (SSSR count). The summed E-state index contributed by atoms with van der Waals surface area (Å²) in [5.41, 5.74) is 8.27. The van der Waals surface area contributed by atoms with E-state index in [1.54, 1.807) is 0 Å². The lowest BCUT2D eigenvalue weighted by Crippen LogP contribution is -2.26. The molecule has 0 fully saturated rings. The normalized spacial score (nSPS) is 11.9. The molecule has 2 nitrogen and oxygen atoms in total. The van der Waals surface area contributed by atoms with Crippen LogP contribution in [-0.2, 0) is 12.8 Å². The number of nitrogens with two attached hydrogens (primary N) is 1. The summed E-state index contributed by atoms with van der Waals surface area (Å²) in [6, 6.07) is 8.41. The summed E-state index contributed by atoms with van der Waals surface area (Å²) >= 11 is 0. The Morgan fingerprint density at radius 3 is 2.25 bits per heavy atom. The molecule has 0 spiro atoms. The summed E-state index contributed by atoms with van der Waals surface area (Å²) in [6.45, 7) is 2.26. The van der Waals surface area contributed by atoms with Crippen molar-refractivity contribution in [1.29, 1.82) is 0 Å². The molecular formula is C13H22ClNO. The van der Waals surface area contributed by atoms with Crippen molar-refractivity contribution in [3.8, 4) is 0 Å². The molecular weight excluding hydrogens is 222 g/mol. The van der Waals surface area contributed by atoms with Crippen LogP contribution in [0.3, 0.4) is 0 Å². The molecule has 0 radical (unpaired) electrons. The summed E-state index contributed by atoms with van der Waals surface area (Å²) in [6.07, 6.45) is 4.39. The van der Waals surface area contributed by atoms with Crippen molar-refractivity contribution < 1.29 is 5.11 Å².